The molecule has 0 atom stereocenters. The standard InChI is InChI=1S/C19H16N4O2/c24-12-20-11-16-15-3-1-2-4-18(15)23(13-5-7-14(25)8-6-13)19(16)17-9-10-21-22-17/h1-11,24-25H,12H2,(H,21,22)/b20-11-. The fourth-order valence-electron chi connectivity index (χ4n) is 3.04. The summed E-state index contributed by atoms with van der Waals surface area (Å²) in [6.45, 7) is -0.279. The highest BCUT2D eigenvalue weighted by Gasteiger charge is 2.19. The highest BCUT2D eigenvalue weighted by atomic mass is 16.3. The van der Waals surface area contributed by atoms with E-state index in [4.69, 9.17) is 5.11 Å². The molecule has 4 aromatic rings. The largest absolute Gasteiger partial charge is 0.508 e. The number of hydrogen-bond donors (Lipinski definition) is 3. The summed E-state index contributed by atoms with van der Waals surface area (Å²) in [6.07, 6.45) is 3.43. The molecular weight excluding hydrogens is 316 g/mol. The van der Waals surface area contributed by atoms with E-state index in [1.807, 2.05) is 42.5 Å². The van der Waals surface area contributed by atoms with E-state index in [1.54, 1.807) is 24.5 Å². The van der Waals surface area contributed by atoms with Crippen molar-refractivity contribution in [1.29, 1.82) is 0 Å². The van der Waals surface area contributed by atoms with Crippen LogP contribution in [-0.2, 0) is 0 Å². The molecule has 0 saturated heterocycles. The fraction of sp³-hybridized carbons (Fsp3) is 0.0526. The topological polar surface area (TPSA) is 86.4 Å². The van der Waals surface area contributed by atoms with Crippen LogP contribution in [0.3, 0.4) is 0 Å². The quantitative estimate of drug-likeness (QED) is 0.502. The van der Waals surface area contributed by atoms with Gasteiger partial charge < -0.3 is 14.8 Å². The minimum Gasteiger partial charge on any atom is -0.508 e. The highest BCUT2D eigenvalue weighted by molar-refractivity contribution is 6.07. The summed E-state index contributed by atoms with van der Waals surface area (Å²) in [7, 11) is 0. The Balaban J connectivity index is 2.11. The number of aromatic hydroxyl groups is 1. The van der Waals surface area contributed by atoms with Gasteiger partial charge in [-0.1, -0.05) is 18.2 Å². The molecule has 2 aromatic carbocycles. The molecule has 6 nitrogen and oxygen atoms in total. The molecule has 4 rings (SSSR count). The van der Waals surface area contributed by atoms with E-state index < -0.39 is 0 Å². The van der Waals surface area contributed by atoms with Crippen LogP contribution in [0.4, 0.5) is 0 Å². The Morgan fingerprint density at radius 2 is 1.88 bits per heavy atom. The predicted molar refractivity (Wildman–Crippen MR) is 97.2 cm³/mol. The Morgan fingerprint density at radius 3 is 2.60 bits per heavy atom. The number of rotatable bonds is 4. The van der Waals surface area contributed by atoms with Gasteiger partial charge in [-0.05, 0) is 36.4 Å². The Bertz CT molecular complexity index is 1030. The number of aromatic nitrogens is 3. The zero-order chi connectivity index (χ0) is 17.2. The van der Waals surface area contributed by atoms with Gasteiger partial charge in [0.25, 0.3) is 0 Å². The lowest BCUT2D eigenvalue weighted by molar-refractivity contribution is 0.310. The number of phenolic OH excluding ortho intramolecular Hbond substituents is 1. The number of aliphatic hydroxyl groups excluding tert-OH is 1. The van der Waals surface area contributed by atoms with Gasteiger partial charge in [0.15, 0.2) is 0 Å². The molecule has 0 fully saturated rings. The van der Waals surface area contributed by atoms with Crippen molar-refractivity contribution >= 4 is 17.1 Å². The Hall–Kier alpha value is -3.38. The summed E-state index contributed by atoms with van der Waals surface area (Å²) in [5.41, 5.74) is 4.40. The molecule has 0 bridgehead atoms. The SMILES string of the molecule is OC/N=C\c1c(-c2cc[nH]n2)n(-c2ccc(O)cc2)c2ccccc12. The van der Waals surface area contributed by atoms with E-state index in [-0.39, 0.29) is 12.5 Å². The van der Waals surface area contributed by atoms with Crippen LogP contribution < -0.4 is 0 Å². The van der Waals surface area contributed by atoms with Crippen molar-refractivity contribution in [1.82, 2.24) is 14.8 Å². The van der Waals surface area contributed by atoms with E-state index in [0.717, 1.165) is 33.5 Å². The van der Waals surface area contributed by atoms with Gasteiger partial charge in [-0.3, -0.25) is 10.1 Å². The summed E-state index contributed by atoms with van der Waals surface area (Å²) in [4.78, 5) is 4.02. The van der Waals surface area contributed by atoms with Crippen LogP contribution in [0.2, 0.25) is 0 Å². The molecule has 0 saturated carbocycles. The van der Waals surface area contributed by atoms with Crippen LogP contribution in [0.15, 0.2) is 65.8 Å². The zero-order valence-electron chi connectivity index (χ0n) is 13.3. The van der Waals surface area contributed by atoms with Crippen LogP contribution >= 0.6 is 0 Å². The maximum atomic E-state index is 9.62. The number of benzene rings is 2. The summed E-state index contributed by atoms with van der Waals surface area (Å²) in [5.74, 6) is 0.212. The first-order valence-electron chi connectivity index (χ1n) is 7.83. The van der Waals surface area contributed by atoms with E-state index in [9.17, 15) is 5.11 Å². The van der Waals surface area contributed by atoms with Gasteiger partial charge in [0.2, 0.25) is 0 Å². The summed E-state index contributed by atoms with van der Waals surface area (Å²) < 4.78 is 2.07. The smallest absolute Gasteiger partial charge is 0.134 e. The number of para-hydroxylation sites is 1. The summed E-state index contributed by atoms with van der Waals surface area (Å²) >= 11 is 0. The van der Waals surface area contributed by atoms with Gasteiger partial charge in [-0.15, -0.1) is 0 Å². The Labute approximate surface area is 143 Å². The van der Waals surface area contributed by atoms with Crippen molar-refractivity contribution in [3.8, 4) is 22.8 Å². The maximum Gasteiger partial charge on any atom is 0.134 e. The fourth-order valence-corrected chi connectivity index (χ4v) is 3.04. The third-order valence-corrected chi connectivity index (χ3v) is 4.07. The molecular formula is C19H16N4O2. The normalized spacial score (nSPS) is 11.6. The van der Waals surface area contributed by atoms with Crippen molar-refractivity contribution in [3.05, 3.63) is 66.4 Å². The second-order valence-electron chi connectivity index (χ2n) is 5.54. The van der Waals surface area contributed by atoms with Crippen LogP contribution in [0, 0.1) is 0 Å². The van der Waals surface area contributed by atoms with Gasteiger partial charge in [-0.25, -0.2) is 0 Å². The van der Waals surface area contributed by atoms with E-state index in [1.165, 1.54) is 0 Å². The van der Waals surface area contributed by atoms with Crippen molar-refractivity contribution in [2.75, 3.05) is 6.73 Å². The number of aromatic amines is 1. The number of H-pyrrole nitrogens is 1. The lowest BCUT2D eigenvalue weighted by atomic mass is 10.1. The second-order valence-corrected chi connectivity index (χ2v) is 5.54. The number of hydrogen-bond acceptors (Lipinski definition) is 4. The Morgan fingerprint density at radius 1 is 1.08 bits per heavy atom. The molecule has 0 radical (unpaired) electrons. The molecule has 124 valence electrons. The van der Waals surface area contributed by atoms with Gasteiger partial charge in [-0.2, -0.15) is 5.10 Å². The number of fused-ring (bicyclic) bond motifs is 1. The molecule has 0 spiro atoms. The van der Waals surface area contributed by atoms with E-state index >= 15 is 0 Å². The number of nitrogens with one attached hydrogen (secondary N) is 1. The first-order valence-corrected chi connectivity index (χ1v) is 7.83. The second kappa shape index (κ2) is 6.26. The van der Waals surface area contributed by atoms with Crippen molar-refractivity contribution < 1.29 is 10.2 Å². The van der Waals surface area contributed by atoms with Gasteiger partial charge in [0, 0.05) is 29.0 Å². The monoisotopic (exact) mass is 332 g/mol. The van der Waals surface area contributed by atoms with Crippen molar-refractivity contribution in [2.45, 2.75) is 0 Å². The van der Waals surface area contributed by atoms with Crippen LogP contribution in [0.5, 0.6) is 5.75 Å². The van der Waals surface area contributed by atoms with E-state index in [0.29, 0.717) is 0 Å². The molecule has 0 unspecified atom stereocenters. The number of nitrogens with zero attached hydrogens (tertiary/aromatic N) is 3. The van der Waals surface area contributed by atoms with E-state index in [2.05, 4.69) is 19.8 Å². The van der Waals surface area contributed by atoms with Crippen molar-refractivity contribution in [3.63, 3.8) is 0 Å². The van der Waals surface area contributed by atoms with Crippen LogP contribution in [0.25, 0.3) is 28.0 Å². The number of phenols is 1. The first-order chi connectivity index (χ1) is 12.3. The molecule has 3 N–H and O–H groups in total. The highest BCUT2D eigenvalue weighted by Crippen LogP contribution is 2.35. The molecule has 2 heterocycles. The molecule has 2 aromatic heterocycles. The zero-order valence-corrected chi connectivity index (χ0v) is 13.3. The van der Waals surface area contributed by atoms with Crippen LogP contribution in [-0.4, -0.2) is 37.9 Å². The maximum absolute atomic E-state index is 9.62. The average Bonchev–Trinajstić information content (AvgIpc) is 3.26. The first kappa shape index (κ1) is 15.2. The number of aliphatic imine (C=N–C) groups is 1. The third kappa shape index (κ3) is 2.58. The minimum absolute atomic E-state index is 0.212. The van der Waals surface area contributed by atoms with Crippen LogP contribution in [0.1, 0.15) is 5.56 Å². The lowest BCUT2D eigenvalue weighted by Crippen LogP contribution is -1.98. The summed E-state index contributed by atoms with van der Waals surface area (Å²) in [6, 6.07) is 16.9. The average molecular weight is 332 g/mol. The molecule has 0 aliphatic carbocycles. The third-order valence-electron chi connectivity index (χ3n) is 4.07. The lowest BCUT2D eigenvalue weighted by Gasteiger charge is -2.10. The molecule has 0 amide bonds. The van der Waals surface area contributed by atoms with Gasteiger partial charge in [0.1, 0.15) is 18.2 Å². The number of aliphatic hydroxyl groups is 1. The van der Waals surface area contributed by atoms with Gasteiger partial charge >= 0.3 is 0 Å². The minimum atomic E-state index is -0.279. The molecule has 0 aliphatic heterocycles. The molecule has 6 heteroatoms. The molecule has 25 heavy (non-hydrogen) atoms. The van der Waals surface area contributed by atoms with Gasteiger partial charge in [0.05, 0.1) is 11.2 Å². The van der Waals surface area contributed by atoms with Crippen molar-refractivity contribution in [2.24, 2.45) is 4.99 Å². The molecule has 0 aliphatic rings. The Kier molecular flexibility index (Phi) is 3.80. The predicted octanol–water partition coefficient (Wildman–Crippen LogP) is 3.09. The summed E-state index contributed by atoms with van der Waals surface area (Å²) in [5, 5.41) is 26.9.